The second-order valence-electron chi connectivity index (χ2n) is 20.7. The third kappa shape index (κ3) is 13.9. The Bertz CT molecular complexity index is 4350. The molecule has 87 heavy (non-hydrogen) atoms. The van der Waals surface area contributed by atoms with Crippen LogP contribution in [0.5, 0.6) is 0 Å². The highest BCUT2D eigenvalue weighted by atomic mass is 31.3. The minimum absolute atomic E-state index is 0.00470. The molecule has 446 valence electrons. The Morgan fingerprint density at radius 3 is 0.793 bits per heavy atom. The quantitative estimate of drug-likeness (QED) is 0.0817. The molecule has 3 heterocycles. The van der Waals surface area contributed by atoms with E-state index in [9.17, 15) is 32.0 Å². The van der Waals surface area contributed by atoms with Crippen LogP contribution in [0.1, 0.15) is 44.5 Å². The molecule has 7 unspecified atom stereocenters. The van der Waals surface area contributed by atoms with Crippen molar-refractivity contribution in [3.8, 4) is 0 Å². The fourth-order valence-corrected chi connectivity index (χ4v) is 35.6. The Kier molecular flexibility index (Phi) is 17.4. The lowest BCUT2D eigenvalue weighted by molar-refractivity contribution is 0.273. The van der Waals surface area contributed by atoms with Crippen LogP contribution in [-0.2, 0) is 111 Å². The number of benzene rings is 9. The second-order valence-corrected chi connectivity index (χ2v) is 40.2. The summed E-state index contributed by atoms with van der Waals surface area (Å²) in [4.78, 5) is 0. The van der Waals surface area contributed by atoms with Gasteiger partial charge in [0.05, 0.1) is 50.3 Å². The highest BCUT2D eigenvalue weighted by Crippen LogP contribution is 2.85. The average Bonchev–Trinajstić information content (AvgIpc) is 1.40. The van der Waals surface area contributed by atoms with Crippen molar-refractivity contribution in [2.75, 3.05) is 0 Å². The molecule has 3 aliphatic rings. The van der Waals surface area contributed by atoms with E-state index in [1.165, 1.54) is 72.8 Å². The minimum atomic E-state index is -4.75. The number of hydrogen-bond donors (Lipinski definition) is 0. The Morgan fingerprint density at radius 2 is 0.471 bits per heavy atom. The van der Waals surface area contributed by atoms with Gasteiger partial charge < -0.3 is 0 Å². The molecule has 3 aliphatic heterocycles. The standard InChI is InChI=1S/C60H53O18P9/c1-47-25-33-57(34-26-47)84(66)76-86(68,59-37-29-49(30-38-59)41-48-27-35-58(36-28-48)85(67)74-82(64,55-21-10-4-11-22-55)73-83(65,75-85)56-23-12-5-13-24-56)78-87(69,77-84)60-39-31-50(32-40-60)42-53-19-14-20-54(43-53)46-81(63)71-79(61,44-51-15-6-2-7-16-51)70-80(62,72-81)45-52-17-8-3-9-18-52/h2-40,43H,41-42,44-46H2,1H3. The number of rotatable bonds is 16. The molecule has 0 N–H and O–H groups in total. The van der Waals surface area contributed by atoms with E-state index in [1.807, 2.05) is 13.0 Å². The SMILES string of the molecule is Cc1ccc(P2(=O)OP(=O)(c3ccc(Cc4ccc(P5(=O)OP(=O)(c6ccccc6)OP(=O)(c6ccccc6)O5)cc4)cc3)OP(=O)(c3ccc(Cc4cccc(CP5(=O)OP(=O)(Cc6ccccc6)OP(=O)(Cc6ccccc6)O5)c4)cc3)O2)cc1. The van der Waals surface area contributed by atoms with Crippen LogP contribution in [-0.4, -0.2) is 0 Å². The summed E-state index contributed by atoms with van der Waals surface area (Å²) in [5, 5.41) is -0.0741. The summed E-state index contributed by atoms with van der Waals surface area (Å²) in [6, 6.07) is 64.8. The smallest absolute Gasteiger partial charge is 0.259 e. The van der Waals surface area contributed by atoms with E-state index in [1.54, 1.807) is 164 Å². The first-order valence-electron chi connectivity index (χ1n) is 26.9. The van der Waals surface area contributed by atoms with Gasteiger partial charge in [0.15, 0.2) is 0 Å². The van der Waals surface area contributed by atoms with E-state index in [0.29, 0.717) is 33.4 Å². The van der Waals surface area contributed by atoms with Crippen molar-refractivity contribution in [3.05, 3.63) is 287 Å². The lowest BCUT2D eigenvalue weighted by Gasteiger charge is -2.34. The molecule has 7 atom stereocenters. The lowest BCUT2D eigenvalue weighted by atomic mass is 10.0. The van der Waals surface area contributed by atoms with Crippen LogP contribution in [0.4, 0.5) is 0 Å². The molecule has 18 nitrogen and oxygen atoms in total. The van der Waals surface area contributed by atoms with Crippen LogP contribution in [0, 0.1) is 6.92 Å². The fourth-order valence-electron chi connectivity index (χ4n) is 9.78. The van der Waals surface area contributed by atoms with E-state index >= 15 is 9.13 Å². The monoisotopic (exact) mass is 1340 g/mol. The molecule has 9 aromatic rings. The lowest BCUT2D eigenvalue weighted by Crippen LogP contribution is -2.22. The van der Waals surface area contributed by atoms with E-state index in [4.69, 9.17) is 38.8 Å². The first kappa shape index (κ1) is 61.9. The van der Waals surface area contributed by atoms with Gasteiger partial charge >= 0.3 is 68.4 Å². The third-order valence-corrected chi connectivity index (χ3v) is 38.0. The molecule has 0 saturated carbocycles. The summed E-state index contributed by atoms with van der Waals surface area (Å²) < 4.78 is 184. The molecule has 0 aromatic heterocycles. The largest absolute Gasteiger partial charge is 0.376 e. The molecule has 0 spiro atoms. The molecule has 9 aromatic carbocycles. The second kappa shape index (κ2) is 24.5. The van der Waals surface area contributed by atoms with Gasteiger partial charge in [0.2, 0.25) is 0 Å². The zero-order valence-corrected chi connectivity index (χ0v) is 54.1. The van der Waals surface area contributed by atoms with Crippen LogP contribution in [0.3, 0.4) is 0 Å². The Hall–Kier alpha value is -5.31. The molecule has 0 aliphatic carbocycles. The van der Waals surface area contributed by atoms with Crippen LogP contribution in [0.2, 0.25) is 0 Å². The van der Waals surface area contributed by atoms with Crippen molar-refractivity contribution in [2.24, 2.45) is 0 Å². The van der Waals surface area contributed by atoms with Crippen molar-refractivity contribution in [2.45, 2.75) is 38.3 Å². The fraction of sp³-hybridized carbons (Fsp3) is 0.100. The predicted molar refractivity (Wildman–Crippen MR) is 335 cm³/mol. The molecular formula is C60H53O18P9. The number of hydrogen-bond acceptors (Lipinski definition) is 18. The van der Waals surface area contributed by atoms with Crippen molar-refractivity contribution >= 4 is 100 Å². The highest BCUT2D eigenvalue weighted by Gasteiger charge is 2.57. The molecule has 12 rings (SSSR count). The van der Waals surface area contributed by atoms with Gasteiger partial charge in [0.25, 0.3) is 0 Å². The zero-order chi connectivity index (χ0) is 60.8. The molecule has 0 radical (unpaired) electrons. The minimum Gasteiger partial charge on any atom is -0.259 e. The summed E-state index contributed by atoms with van der Waals surface area (Å²) in [6.07, 6.45) is -0.401. The summed E-state index contributed by atoms with van der Waals surface area (Å²) in [5.41, 5.74) is 5.20. The predicted octanol–water partition coefficient (Wildman–Crippen LogP) is 16.6. The van der Waals surface area contributed by atoms with Gasteiger partial charge in [-0.1, -0.05) is 175 Å². The summed E-state index contributed by atoms with van der Waals surface area (Å²) in [7, 11) is -40.7. The van der Waals surface area contributed by atoms with Gasteiger partial charge in [-0.2, -0.15) is 0 Å². The normalized spacial score (nSPS) is 29.9. The van der Waals surface area contributed by atoms with Crippen LogP contribution in [0.25, 0.3) is 0 Å². The molecular weight excluding hydrogens is 1290 g/mol. The van der Waals surface area contributed by atoms with Gasteiger partial charge in [0.1, 0.15) is 0 Å². The molecule has 0 bridgehead atoms. The highest BCUT2D eigenvalue weighted by molar-refractivity contribution is 7.88. The number of aryl methyl sites for hydroxylation is 1. The van der Waals surface area contributed by atoms with Gasteiger partial charge in [0, 0.05) is 0 Å². The Labute approximate surface area is 502 Å². The summed E-state index contributed by atoms with van der Waals surface area (Å²) in [5.74, 6) is 0. The van der Waals surface area contributed by atoms with Crippen LogP contribution >= 0.6 is 68.4 Å². The Morgan fingerprint density at radius 1 is 0.230 bits per heavy atom. The van der Waals surface area contributed by atoms with Gasteiger partial charge in [-0.25, -0.2) is 38.8 Å². The van der Waals surface area contributed by atoms with E-state index in [2.05, 4.69) is 0 Å². The van der Waals surface area contributed by atoms with Crippen LogP contribution < -0.4 is 31.8 Å². The zero-order valence-electron chi connectivity index (χ0n) is 46.0. The van der Waals surface area contributed by atoms with Crippen molar-refractivity contribution in [1.82, 2.24) is 0 Å². The van der Waals surface area contributed by atoms with Gasteiger partial charge in [-0.05, 0) is 132 Å². The van der Waals surface area contributed by atoms with Crippen molar-refractivity contribution in [3.63, 3.8) is 0 Å². The summed E-state index contributed by atoms with van der Waals surface area (Å²) in [6.45, 7) is 1.82. The third-order valence-electron chi connectivity index (χ3n) is 13.9. The average molecular weight is 1340 g/mol. The summed E-state index contributed by atoms with van der Waals surface area (Å²) >= 11 is 0. The van der Waals surface area contributed by atoms with Gasteiger partial charge in [-0.15, -0.1) is 0 Å². The van der Waals surface area contributed by atoms with Gasteiger partial charge in [-0.3, -0.25) is 41.1 Å². The maximum Gasteiger partial charge on any atom is 0.376 e. The Balaban J connectivity index is 0.764. The van der Waals surface area contributed by atoms with E-state index in [0.717, 1.165) is 11.1 Å². The maximum atomic E-state index is 15.2. The topological polar surface area (TPSA) is 237 Å². The molecule has 27 heteroatoms. The maximum absolute atomic E-state index is 15.2. The molecule has 3 fully saturated rings. The van der Waals surface area contributed by atoms with Crippen LogP contribution in [0.15, 0.2) is 243 Å². The first-order valence-corrected chi connectivity index (χ1v) is 41.4. The van der Waals surface area contributed by atoms with Crippen molar-refractivity contribution in [1.29, 1.82) is 0 Å². The molecule has 3 saturated heterocycles. The first-order chi connectivity index (χ1) is 41.5. The van der Waals surface area contributed by atoms with E-state index in [-0.39, 0.29) is 63.2 Å². The molecule has 0 amide bonds. The van der Waals surface area contributed by atoms with Crippen molar-refractivity contribution < 1.29 is 79.9 Å². The van der Waals surface area contributed by atoms with E-state index < -0.39 is 68.4 Å².